The first-order chi connectivity index (χ1) is 9.56. The normalized spacial score (nSPS) is 9.90. The van der Waals surface area contributed by atoms with E-state index >= 15 is 0 Å². The monoisotopic (exact) mass is 333 g/mol. The molecule has 2 aromatic rings. The lowest BCUT2D eigenvalue weighted by Crippen LogP contribution is -2.29. The summed E-state index contributed by atoms with van der Waals surface area (Å²) in [5, 5.41) is 4.95. The number of rotatable bonds is 2. The third kappa shape index (κ3) is 3.64. The van der Waals surface area contributed by atoms with Crippen LogP contribution in [0.15, 0.2) is 47.1 Å². The number of aromatic nitrogens is 1. The molecule has 1 heterocycles. The van der Waals surface area contributed by atoms with E-state index in [9.17, 15) is 9.59 Å². The molecular weight excluding hydrogens is 322 g/mol. The van der Waals surface area contributed by atoms with Gasteiger partial charge in [0.1, 0.15) is 5.82 Å². The molecule has 2 rings (SSSR count). The Labute approximate surface area is 124 Å². The number of carbonyl (C=O) groups excluding carboxylic acids is 2. The van der Waals surface area contributed by atoms with Gasteiger partial charge < -0.3 is 10.6 Å². The van der Waals surface area contributed by atoms with Crippen molar-refractivity contribution < 1.29 is 9.59 Å². The van der Waals surface area contributed by atoms with Crippen molar-refractivity contribution in [2.75, 3.05) is 10.6 Å². The molecule has 0 unspecified atom stereocenters. The lowest BCUT2D eigenvalue weighted by molar-refractivity contribution is -0.133. The molecule has 5 nitrogen and oxygen atoms in total. The van der Waals surface area contributed by atoms with E-state index in [1.807, 2.05) is 13.0 Å². The lowest BCUT2D eigenvalue weighted by Gasteiger charge is -2.07. The van der Waals surface area contributed by atoms with Gasteiger partial charge in [-0.3, -0.25) is 9.59 Å². The van der Waals surface area contributed by atoms with Crippen LogP contribution in [0.1, 0.15) is 5.56 Å². The van der Waals surface area contributed by atoms with Crippen molar-refractivity contribution in [2.24, 2.45) is 0 Å². The summed E-state index contributed by atoms with van der Waals surface area (Å²) in [5.41, 5.74) is 1.53. The Balaban J connectivity index is 2.01. The van der Waals surface area contributed by atoms with E-state index in [4.69, 9.17) is 0 Å². The fourth-order valence-corrected chi connectivity index (χ4v) is 1.77. The Morgan fingerprint density at radius 3 is 2.50 bits per heavy atom. The van der Waals surface area contributed by atoms with Crippen LogP contribution in [0.3, 0.4) is 0 Å². The van der Waals surface area contributed by atoms with Gasteiger partial charge >= 0.3 is 11.8 Å². The first kappa shape index (κ1) is 14.2. The highest BCUT2D eigenvalue weighted by Gasteiger charge is 2.14. The fourth-order valence-electron chi connectivity index (χ4n) is 1.52. The number of nitrogens with one attached hydrogen (secondary N) is 2. The number of carbonyl (C=O) groups is 2. The van der Waals surface area contributed by atoms with Gasteiger partial charge in [0.15, 0.2) is 0 Å². The molecule has 1 aromatic carbocycles. The van der Waals surface area contributed by atoms with Gasteiger partial charge in [0.2, 0.25) is 0 Å². The second-order valence-electron chi connectivity index (χ2n) is 4.09. The van der Waals surface area contributed by atoms with Gasteiger partial charge in [0, 0.05) is 16.4 Å². The van der Waals surface area contributed by atoms with E-state index in [-0.39, 0.29) is 0 Å². The summed E-state index contributed by atoms with van der Waals surface area (Å²) in [6.07, 6.45) is 1.53. The predicted octanol–water partition coefficient (Wildman–Crippen LogP) is 2.73. The Kier molecular flexibility index (Phi) is 4.47. The number of halogens is 1. The first-order valence-electron chi connectivity index (χ1n) is 5.86. The van der Waals surface area contributed by atoms with Crippen molar-refractivity contribution in [3.8, 4) is 0 Å². The number of pyridine rings is 1. The van der Waals surface area contributed by atoms with Crippen molar-refractivity contribution in [3.05, 3.63) is 52.6 Å². The number of nitrogens with zero attached hydrogens (tertiary/aromatic N) is 1. The topological polar surface area (TPSA) is 71.1 Å². The molecule has 1 aromatic heterocycles. The first-order valence-corrected chi connectivity index (χ1v) is 6.65. The summed E-state index contributed by atoms with van der Waals surface area (Å²) in [6.45, 7) is 1.90. The van der Waals surface area contributed by atoms with Crippen LogP contribution in [0.25, 0.3) is 0 Å². The van der Waals surface area contributed by atoms with Crippen molar-refractivity contribution >= 4 is 39.2 Å². The Morgan fingerprint density at radius 1 is 1.10 bits per heavy atom. The Hall–Kier alpha value is -2.21. The number of hydrogen-bond donors (Lipinski definition) is 2. The van der Waals surface area contributed by atoms with Crippen LogP contribution in [-0.4, -0.2) is 16.8 Å². The number of benzene rings is 1. The molecule has 0 radical (unpaired) electrons. The second kappa shape index (κ2) is 6.29. The maximum Gasteiger partial charge on any atom is 0.315 e. The molecule has 0 aliphatic rings. The van der Waals surface area contributed by atoms with Gasteiger partial charge in [-0.1, -0.05) is 22.0 Å². The van der Waals surface area contributed by atoms with Crippen LogP contribution in [0.5, 0.6) is 0 Å². The highest BCUT2D eigenvalue weighted by atomic mass is 79.9. The summed E-state index contributed by atoms with van der Waals surface area (Å²) in [5.74, 6) is -1.17. The number of amides is 2. The Morgan fingerprint density at radius 2 is 1.85 bits per heavy atom. The minimum atomic E-state index is -0.760. The third-order valence-corrected chi connectivity index (χ3v) is 3.42. The van der Waals surface area contributed by atoms with E-state index in [2.05, 4.69) is 31.5 Å². The molecule has 20 heavy (non-hydrogen) atoms. The van der Waals surface area contributed by atoms with Gasteiger partial charge in [-0.05, 0) is 42.8 Å². The van der Waals surface area contributed by atoms with Gasteiger partial charge in [-0.2, -0.15) is 0 Å². The summed E-state index contributed by atoms with van der Waals surface area (Å²) in [7, 11) is 0. The maximum atomic E-state index is 11.8. The molecule has 0 saturated carbocycles. The van der Waals surface area contributed by atoms with E-state index in [0.29, 0.717) is 11.5 Å². The molecule has 0 aliphatic heterocycles. The van der Waals surface area contributed by atoms with Crippen LogP contribution < -0.4 is 10.6 Å². The largest absolute Gasteiger partial charge is 0.318 e. The molecule has 0 atom stereocenters. The number of hydrogen-bond acceptors (Lipinski definition) is 3. The van der Waals surface area contributed by atoms with Gasteiger partial charge in [0.25, 0.3) is 0 Å². The third-order valence-electron chi connectivity index (χ3n) is 2.53. The van der Waals surface area contributed by atoms with Crippen LogP contribution >= 0.6 is 15.9 Å². The van der Waals surface area contributed by atoms with Crippen molar-refractivity contribution in [1.29, 1.82) is 0 Å². The van der Waals surface area contributed by atoms with Crippen molar-refractivity contribution in [2.45, 2.75) is 6.92 Å². The quantitative estimate of drug-likeness (QED) is 0.830. The van der Waals surface area contributed by atoms with Crippen molar-refractivity contribution in [1.82, 2.24) is 4.98 Å². The van der Waals surface area contributed by atoms with Crippen LogP contribution in [-0.2, 0) is 9.59 Å². The molecular formula is C14H12BrN3O2. The summed E-state index contributed by atoms with van der Waals surface area (Å²) >= 11 is 3.37. The predicted molar refractivity (Wildman–Crippen MR) is 80.4 cm³/mol. The highest BCUT2D eigenvalue weighted by molar-refractivity contribution is 9.10. The maximum absolute atomic E-state index is 11.8. The van der Waals surface area contributed by atoms with E-state index < -0.39 is 11.8 Å². The minimum absolute atomic E-state index is 0.333. The average molecular weight is 334 g/mol. The van der Waals surface area contributed by atoms with E-state index in [1.165, 1.54) is 6.20 Å². The van der Waals surface area contributed by atoms with Crippen LogP contribution in [0, 0.1) is 6.92 Å². The molecule has 102 valence electrons. The zero-order valence-corrected chi connectivity index (χ0v) is 12.3. The standard InChI is InChI=1S/C14H12BrN3O2/c1-9-8-10(5-6-11(9)15)17-13(19)14(20)18-12-4-2-3-7-16-12/h2-8H,1H3,(H,17,19)(H,16,18,20). The zero-order chi connectivity index (χ0) is 14.5. The van der Waals surface area contributed by atoms with E-state index in [1.54, 1.807) is 30.3 Å². The number of aryl methyl sites for hydroxylation is 1. The van der Waals surface area contributed by atoms with Gasteiger partial charge in [-0.25, -0.2) is 4.98 Å². The molecule has 2 amide bonds. The second-order valence-corrected chi connectivity index (χ2v) is 4.94. The molecule has 0 fully saturated rings. The lowest BCUT2D eigenvalue weighted by atomic mass is 10.2. The number of anilines is 2. The minimum Gasteiger partial charge on any atom is -0.318 e. The van der Waals surface area contributed by atoms with Gasteiger partial charge in [0.05, 0.1) is 0 Å². The van der Waals surface area contributed by atoms with Gasteiger partial charge in [-0.15, -0.1) is 0 Å². The highest BCUT2D eigenvalue weighted by Crippen LogP contribution is 2.19. The van der Waals surface area contributed by atoms with Crippen molar-refractivity contribution in [3.63, 3.8) is 0 Å². The summed E-state index contributed by atoms with van der Waals surface area (Å²) in [4.78, 5) is 27.4. The average Bonchev–Trinajstić information content (AvgIpc) is 2.44. The zero-order valence-electron chi connectivity index (χ0n) is 10.7. The van der Waals surface area contributed by atoms with Crippen LogP contribution in [0.4, 0.5) is 11.5 Å². The fraction of sp³-hybridized carbons (Fsp3) is 0.0714. The Bertz CT molecular complexity index is 644. The molecule has 0 bridgehead atoms. The van der Waals surface area contributed by atoms with E-state index in [0.717, 1.165) is 10.0 Å². The molecule has 0 saturated heterocycles. The molecule has 0 spiro atoms. The molecule has 6 heteroatoms. The molecule has 0 aliphatic carbocycles. The summed E-state index contributed by atoms with van der Waals surface area (Å²) < 4.78 is 0.938. The summed E-state index contributed by atoms with van der Waals surface area (Å²) in [6, 6.07) is 10.3. The molecule has 2 N–H and O–H groups in total. The van der Waals surface area contributed by atoms with Crippen LogP contribution in [0.2, 0.25) is 0 Å². The smallest absolute Gasteiger partial charge is 0.315 e. The SMILES string of the molecule is Cc1cc(NC(=O)C(=O)Nc2ccccn2)ccc1Br.